The van der Waals surface area contributed by atoms with E-state index in [4.69, 9.17) is 28.9 Å². The highest BCUT2D eigenvalue weighted by Gasteiger charge is 2.10. The van der Waals surface area contributed by atoms with Crippen molar-refractivity contribution < 1.29 is 9.18 Å². The fourth-order valence-corrected chi connectivity index (χ4v) is 1.87. The molecule has 2 aromatic rings. The molecule has 0 bridgehead atoms. The lowest BCUT2D eigenvalue weighted by Gasteiger charge is -2.06. The van der Waals surface area contributed by atoms with Crippen molar-refractivity contribution in [3.8, 4) is 11.1 Å². The number of hydrogen-bond donors (Lipinski definition) is 1. The van der Waals surface area contributed by atoms with Gasteiger partial charge in [0.1, 0.15) is 5.82 Å². The molecule has 0 atom stereocenters. The molecule has 0 fully saturated rings. The molecule has 0 aliphatic carbocycles. The van der Waals surface area contributed by atoms with E-state index in [0.29, 0.717) is 15.6 Å². The number of primary amides is 1. The Kier molecular flexibility index (Phi) is 3.55. The van der Waals surface area contributed by atoms with Crippen LogP contribution in [0.15, 0.2) is 36.4 Å². The minimum absolute atomic E-state index is 0.154. The lowest BCUT2D eigenvalue weighted by Crippen LogP contribution is -2.13. The fraction of sp³-hybridized carbons (Fsp3) is 0. The zero-order valence-corrected chi connectivity index (χ0v) is 10.6. The molecule has 0 unspecified atom stereocenters. The molecule has 0 saturated carbocycles. The smallest absolute Gasteiger partial charge is 0.251 e. The van der Waals surface area contributed by atoms with E-state index in [-0.39, 0.29) is 5.56 Å². The fourth-order valence-electron chi connectivity index (χ4n) is 1.57. The van der Waals surface area contributed by atoms with Crippen LogP contribution in [0, 0.1) is 5.82 Å². The van der Waals surface area contributed by atoms with Crippen LogP contribution in [0.3, 0.4) is 0 Å². The first-order chi connectivity index (χ1) is 8.49. The number of benzene rings is 2. The molecule has 1 amide bonds. The molecule has 2 rings (SSSR count). The Bertz CT molecular complexity index is 628. The third kappa shape index (κ3) is 2.47. The van der Waals surface area contributed by atoms with Crippen LogP contribution in [0.2, 0.25) is 10.0 Å². The van der Waals surface area contributed by atoms with E-state index >= 15 is 0 Å². The quantitative estimate of drug-likeness (QED) is 0.893. The molecule has 2 aromatic carbocycles. The second kappa shape index (κ2) is 4.96. The van der Waals surface area contributed by atoms with Crippen molar-refractivity contribution in [3.05, 3.63) is 57.8 Å². The highest BCUT2D eigenvalue weighted by atomic mass is 35.5. The first kappa shape index (κ1) is 12.9. The summed E-state index contributed by atoms with van der Waals surface area (Å²) in [5.74, 6) is -1.46. The third-order valence-corrected chi connectivity index (χ3v) is 3.22. The Morgan fingerprint density at radius 1 is 1.00 bits per heavy atom. The number of rotatable bonds is 2. The molecule has 0 saturated heterocycles. The number of amides is 1. The average molecular weight is 284 g/mol. The van der Waals surface area contributed by atoms with Gasteiger partial charge in [0.25, 0.3) is 5.91 Å². The van der Waals surface area contributed by atoms with Gasteiger partial charge in [-0.05, 0) is 35.4 Å². The van der Waals surface area contributed by atoms with Crippen LogP contribution in [0.1, 0.15) is 10.4 Å². The van der Waals surface area contributed by atoms with Crippen molar-refractivity contribution in [3.63, 3.8) is 0 Å². The van der Waals surface area contributed by atoms with Gasteiger partial charge in [0.2, 0.25) is 0 Å². The zero-order chi connectivity index (χ0) is 13.3. The molecule has 0 aromatic heterocycles. The van der Waals surface area contributed by atoms with Gasteiger partial charge < -0.3 is 5.73 Å². The van der Waals surface area contributed by atoms with Gasteiger partial charge in [-0.15, -0.1) is 0 Å². The second-order valence-electron chi connectivity index (χ2n) is 3.69. The zero-order valence-electron chi connectivity index (χ0n) is 9.08. The Balaban J connectivity index is 2.54. The molecular weight excluding hydrogens is 276 g/mol. The van der Waals surface area contributed by atoms with Gasteiger partial charge in [0.05, 0.1) is 15.6 Å². The van der Waals surface area contributed by atoms with E-state index < -0.39 is 11.7 Å². The molecule has 18 heavy (non-hydrogen) atoms. The highest BCUT2D eigenvalue weighted by Crippen LogP contribution is 2.29. The molecule has 0 radical (unpaired) electrons. The number of carbonyl (C=O) groups is 1. The summed E-state index contributed by atoms with van der Waals surface area (Å²) in [4.78, 5) is 11.1. The van der Waals surface area contributed by atoms with Crippen molar-refractivity contribution in [2.75, 3.05) is 0 Å². The highest BCUT2D eigenvalue weighted by molar-refractivity contribution is 6.42. The van der Waals surface area contributed by atoms with E-state index in [0.717, 1.165) is 5.56 Å². The molecule has 0 aliphatic heterocycles. The summed E-state index contributed by atoms with van der Waals surface area (Å²) in [6.45, 7) is 0. The SMILES string of the molecule is NC(=O)c1cc(-c2ccc(Cl)c(Cl)c2)ccc1F. The molecule has 5 heteroatoms. The molecule has 92 valence electrons. The predicted molar refractivity (Wildman–Crippen MR) is 70.4 cm³/mol. The van der Waals surface area contributed by atoms with Crippen LogP contribution in [0.25, 0.3) is 11.1 Å². The maximum Gasteiger partial charge on any atom is 0.251 e. The molecule has 0 heterocycles. The van der Waals surface area contributed by atoms with E-state index in [1.54, 1.807) is 24.3 Å². The third-order valence-electron chi connectivity index (χ3n) is 2.48. The summed E-state index contributed by atoms with van der Waals surface area (Å²) < 4.78 is 13.3. The van der Waals surface area contributed by atoms with Crippen molar-refractivity contribution in [2.24, 2.45) is 5.73 Å². The number of hydrogen-bond acceptors (Lipinski definition) is 1. The first-order valence-corrected chi connectivity index (χ1v) is 5.79. The van der Waals surface area contributed by atoms with Gasteiger partial charge in [-0.3, -0.25) is 4.79 Å². The van der Waals surface area contributed by atoms with Crippen molar-refractivity contribution >= 4 is 29.1 Å². The largest absolute Gasteiger partial charge is 0.366 e. The van der Waals surface area contributed by atoms with Crippen LogP contribution in [0.5, 0.6) is 0 Å². The van der Waals surface area contributed by atoms with Gasteiger partial charge in [0, 0.05) is 0 Å². The topological polar surface area (TPSA) is 43.1 Å². The van der Waals surface area contributed by atoms with Crippen molar-refractivity contribution in [2.45, 2.75) is 0 Å². The van der Waals surface area contributed by atoms with Gasteiger partial charge in [-0.1, -0.05) is 35.3 Å². The normalized spacial score (nSPS) is 10.4. The molecule has 2 nitrogen and oxygen atoms in total. The van der Waals surface area contributed by atoms with Gasteiger partial charge in [-0.2, -0.15) is 0 Å². The van der Waals surface area contributed by atoms with E-state index in [9.17, 15) is 9.18 Å². The summed E-state index contributed by atoms with van der Waals surface area (Å²) >= 11 is 11.7. The Morgan fingerprint density at radius 2 is 1.61 bits per heavy atom. The molecule has 2 N–H and O–H groups in total. The summed E-state index contributed by atoms with van der Waals surface area (Å²) in [6.07, 6.45) is 0. The summed E-state index contributed by atoms with van der Waals surface area (Å²) in [5.41, 5.74) is 6.31. The van der Waals surface area contributed by atoms with Gasteiger partial charge in [0.15, 0.2) is 0 Å². The van der Waals surface area contributed by atoms with Crippen LogP contribution < -0.4 is 5.73 Å². The maximum absolute atomic E-state index is 13.3. The Morgan fingerprint density at radius 3 is 2.22 bits per heavy atom. The minimum Gasteiger partial charge on any atom is -0.366 e. The van der Waals surface area contributed by atoms with Crippen molar-refractivity contribution in [1.82, 2.24) is 0 Å². The number of nitrogens with two attached hydrogens (primary N) is 1. The minimum atomic E-state index is -0.811. The van der Waals surface area contributed by atoms with Crippen LogP contribution in [0.4, 0.5) is 4.39 Å². The van der Waals surface area contributed by atoms with Crippen LogP contribution >= 0.6 is 23.2 Å². The van der Waals surface area contributed by atoms with E-state index in [1.807, 2.05) is 0 Å². The number of carbonyl (C=O) groups excluding carboxylic acids is 1. The summed E-state index contributed by atoms with van der Waals surface area (Å²) in [6, 6.07) is 9.12. The second-order valence-corrected chi connectivity index (χ2v) is 4.50. The summed E-state index contributed by atoms with van der Waals surface area (Å²) in [5, 5.41) is 0.816. The first-order valence-electron chi connectivity index (χ1n) is 5.04. The molecule has 0 spiro atoms. The van der Waals surface area contributed by atoms with Crippen LogP contribution in [-0.4, -0.2) is 5.91 Å². The molecule has 0 aliphatic rings. The molecular formula is C13H8Cl2FNO. The van der Waals surface area contributed by atoms with Gasteiger partial charge >= 0.3 is 0 Å². The Labute approximate surface area is 113 Å². The van der Waals surface area contributed by atoms with E-state index in [1.165, 1.54) is 12.1 Å². The van der Waals surface area contributed by atoms with Crippen LogP contribution in [-0.2, 0) is 0 Å². The van der Waals surface area contributed by atoms with Gasteiger partial charge in [-0.25, -0.2) is 4.39 Å². The average Bonchev–Trinajstić information content (AvgIpc) is 2.33. The maximum atomic E-state index is 13.3. The number of halogens is 3. The lowest BCUT2D eigenvalue weighted by atomic mass is 10.0. The monoisotopic (exact) mass is 283 g/mol. The summed E-state index contributed by atoms with van der Waals surface area (Å²) in [7, 11) is 0. The predicted octanol–water partition coefficient (Wildman–Crippen LogP) is 3.90. The van der Waals surface area contributed by atoms with E-state index in [2.05, 4.69) is 0 Å². The van der Waals surface area contributed by atoms with Crippen molar-refractivity contribution in [1.29, 1.82) is 0 Å². The lowest BCUT2D eigenvalue weighted by molar-refractivity contribution is 0.0996. The Hall–Kier alpha value is -1.58. The standard InChI is InChI=1S/C13H8Cl2FNO/c14-10-3-1-8(6-11(10)15)7-2-4-12(16)9(5-7)13(17)18/h1-6H,(H2,17,18).